The van der Waals surface area contributed by atoms with Gasteiger partial charge in [0.15, 0.2) is 0 Å². The smallest absolute Gasteiger partial charge is 0.305 e. The molecular formula is C7H12O4. The van der Waals surface area contributed by atoms with Crippen LogP contribution in [0.1, 0.15) is 26.2 Å². The van der Waals surface area contributed by atoms with E-state index in [0.29, 0.717) is 13.0 Å². The second-order valence-corrected chi connectivity index (χ2v) is 2.07. The van der Waals surface area contributed by atoms with E-state index in [1.54, 1.807) is 6.92 Å². The van der Waals surface area contributed by atoms with E-state index in [2.05, 4.69) is 4.74 Å². The Balaban J connectivity index is 0.000000187. The van der Waals surface area contributed by atoms with Gasteiger partial charge in [-0.25, -0.2) is 0 Å². The highest BCUT2D eigenvalue weighted by molar-refractivity contribution is 5.70. The molecule has 0 aromatic rings. The van der Waals surface area contributed by atoms with Crippen LogP contribution in [0.2, 0.25) is 0 Å². The fourth-order valence-corrected chi connectivity index (χ4v) is 0.475. The molecule has 0 saturated carbocycles. The minimum atomic E-state index is -0.745. The molecule has 1 aliphatic heterocycles. The van der Waals surface area contributed by atoms with Crippen molar-refractivity contribution in [3.05, 3.63) is 0 Å². The average molecular weight is 160 g/mol. The summed E-state index contributed by atoms with van der Waals surface area (Å²) in [4.78, 5) is 19.4. The summed E-state index contributed by atoms with van der Waals surface area (Å²) in [6.07, 6.45) is 1.76. The fraction of sp³-hybridized carbons (Fsp3) is 0.714. The predicted molar refractivity (Wildman–Crippen MR) is 38.1 cm³/mol. The molecule has 4 nitrogen and oxygen atoms in total. The van der Waals surface area contributed by atoms with Crippen molar-refractivity contribution in [1.29, 1.82) is 0 Å². The maximum Gasteiger partial charge on any atom is 0.305 e. The van der Waals surface area contributed by atoms with Crippen LogP contribution in [0.25, 0.3) is 0 Å². The SMILES string of the molecule is CCC(=O)O.O=C1CCCO1. The number of esters is 1. The van der Waals surface area contributed by atoms with Gasteiger partial charge in [0.25, 0.3) is 0 Å². The van der Waals surface area contributed by atoms with E-state index >= 15 is 0 Å². The Hall–Kier alpha value is -1.06. The van der Waals surface area contributed by atoms with Gasteiger partial charge in [0.2, 0.25) is 0 Å². The molecule has 4 heteroatoms. The Kier molecular flexibility index (Phi) is 5.15. The first kappa shape index (κ1) is 9.94. The van der Waals surface area contributed by atoms with Gasteiger partial charge in [-0.2, -0.15) is 0 Å². The highest BCUT2D eigenvalue weighted by atomic mass is 16.5. The monoisotopic (exact) mass is 160 g/mol. The number of carboxylic acids is 1. The molecule has 0 amide bonds. The van der Waals surface area contributed by atoms with Gasteiger partial charge >= 0.3 is 11.9 Å². The summed E-state index contributed by atoms with van der Waals surface area (Å²) < 4.78 is 4.51. The molecule has 1 aliphatic rings. The Labute approximate surface area is 65.2 Å². The van der Waals surface area contributed by atoms with Crippen LogP contribution in [0.15, 0.2) is 0 Å². The van der Waals surface area contributed by atoms with E-state index in [4.69, 9.17) is 5.11 Å². The Morgan fingerprint density at radius 2 is 2.27 bits per heavy atom. The molecule has 0 bridgehead atoms. The van der Waals surface area contributed by atoms with Crippen molar-refractivity contribution in [2.45, 2.75) is 26.2 Å². The number of carboxylic acid groups (broad SMARTS) is 1. The van der Waals surface area contributed by atoms with Crippen LogP contribution < -0.4 is 0 Å². The van der Waals surface area contributed by atoms with Gasteiger partial charge in [-0.3, -0.25) is 9.59 Å². The summed E-state index contributed by atoms with van der Waals surface area (Å²) >= 11 is 0. The number of cyclic esters (lactones) is 1. The molecule has 1 saturated heterocycles. The summed E-state index contributed by atoms with van der Waals surface area (Å²) in [6.45, 7) is 2.24. The van der Waals surface area contributed by atoms with Crippen LogP contribution in [-0.2, 0) is 14.3 Å². The van der Waals surface area contributed by atoms with Crippen molar-refractivity contribution in [1.82, 2.24) is 0 Å². The van der Waals surface area contributed by atoms with Gasteiger partial charge in [-0.15, -0.1) is 0 Å². The molecule has 11 heavy (non-hydrogen) atoms. The molecule has 0 spiro atoms. The summed E-state index contributed by atoms with van der Waals surface area (Å²) in [5.74, 6) is -0.792. The molecule has 1 fully saturated rings. The van der Waals surface area contributed by atoms with E-state index in [1.807, 2.05) is 0 Å². The van der Waals surface area contributed by atoms with Crippen LogP contribution in [-0.4, -0.2) is 23.7 Å². The van der Waals surface area contributed by atoms with Gasteiger partial charge in [0.1, 0.15) is 0 Å². The third-order valence-electron chi connectivity index (χ3n) is 1.09. The summed E-state index contributed by atoms with van der Waals surface area (Å²) in [6, 6.07) is 0. The van der Waals surface area contributed by atoms with Gasteiger partial charge in [0, 0.05) is 12.8 Å². The number of hydrogen-bond donors (Lipinski definition) is 1. The maximum atomic E-state index is 10.0. The number of ether oxygens (including phenoxy) is 1. The number of rotatable bonds is 1. The molecule has 1 rings (SSSR count). The molecule has 0 unspecified atom stereocenters. The molecule has 0 aromatic carbocycles. The van der Waals surface area contributed by atoms with Crippen molar-refractivity contribution in [2.75, 3.05) is 6.61 Å². The van der Waals surface area contributed by atoms with Crippen LogP contribution in [0, 0.1) is 0 Å². The first-order valence-corrected chi connectivity index (χ1v) is 3.54. The van der Waals surface area contributed by atoms with Gasteiger partial charge < -0.3 is 9.84 Å². The fourth-order valence-electron chi connectivity index (χ4n) is 0.475. The standard InChI is InChI=1S/C4H6O2.C3H6O2/c5-4-2-1-3-6-4;1-2-3(4)5/h1-3H2;2H2,1H3,(H,4,5). The largest absolute Gasteiger partial charge is 0.481 e. The number of carbonyl (C=O) groups is 2. The van der Waals surface area contributed by atoms with Crippen LogP contribution in [0.5, 0.6) is 0 Å². The van der Waals surface area contributed by atoms with Crippen molar-refractivity contribution in [3.63, 3.8) is 0 Å². The predicted octanol–water partition coefficient (Wildman–Crippen LogP) is 0.804. The summed E-state index contributed by atoms with van der Waals surface area (Å²) in [7, 11) is 0. The number of hydrogen-bond acceptors (Lipinski definition) is 3. The number of carbonyl (C=O) groups excluding carboxylic acids is 1. The van der Waals surface area contributed by atoms with Gasteiger partial charge in [-0.05, 0) is 6.42 Å². The van der Waals surface area contributed by atoms with E-state index in [1.165, 1.54) is 0 Å². The molecule has 0 radical (unpaired) electrons. The second kappa shape index (κ2) is 5.70. The zero-order valence-corrected chi connectivity index (χ0v) is 6.50. The molecule has 64 valence electrons. The molecule has 1 heterocycles. The maximum absolute atomic E-state index is 10.0. The lowest BCUT2D eigenvalue weighted by molar-refractivity contribution is -0.138. The molecular weight excluding hydrogens is 148 g/mol. The van der Waals surface area contributed by atoms with E-state index in [-0.39, 0.29) is 12.4 Å². The highest BCUT2D eigenvalue weighted by Gasteiger charge is 2.08. The van der Waals surface area contributed by atoms with E-state index in [0.717, 1.165) is 6.42 Å². The molecule has 1 N–H and O–H groups in total. The zero-order chi connectivity index (χ0) is 8.69. The van der Waals surface area contributed by atoms with Crippen LogP contribution in [0.4, 0.5) is 0 Å². The highest BCUT2D eigenvalue weighted by Crippen LogP contribution is 2.01. The first-order valence-electron chi connectivity index (χ1n) is 3.54. The second-order valence-electron chi connectivity index (χ2n) is 2.07. The Bertz CT molecular complexity index is 133. The Morgan fingerprint density at radius 3 is 2.36 bits per heavy atom. The minimum Gasteiger partial charge on any atom is -0.481 e. The summed E-state index contributed by atoms with van der Waals surface area (Å²) in [5, 5.41) is 7.72. The zero-order valence-electron chi connectivity index (χ0n) is 6.50. The normalized spacial score (nSPS) is 14.8. The van der Waals surface area contributed by atoms with Gasteiger partial charge in [-0.1, -0.05) is 6.92 Å². The van der Waals surface area contributed by atoms with Crippen LogP contribution in [0.3, 0.4) is 0 Å². The van der Waals surface area contributed by atoms with Crippen molar-refractivity contribution in [3.8, 4) is 0 Å². The summed E-state index contributed by atoms with van der Waals surface area (Å²) in [5.41, 5.74) is 0. The average Bonchev–Trinajstić information content (AvgIpc) is 2.41. The molecule has 0 aromatic heterocycles. The van der Waals surface area contributed by atoms with Crippen molar-refractivity contribution in [2.24, 2.45) is 0 Å². The lowest BCUT2D eigenvalue weighted by Crippen LogP contribution is -1.88. The Morgan fingerprint density at radius 1 is 1.73 bits per heavy atom. The van der Waals surface area contributed by atoms with Crippen molar-refractivity contribution >= 4 is 11.9 Å². The van der Waals surface area contributed by atoms with Crippen molar-refractivity contribution < 1.29 is 19.4 Å². The quantitative estimate of drug-likeness (QED) is 0.576. The van der Waals surface area contributed by atoms with E-state index < -0.39 is 5.97 Å². The third-order valence-corrected chi connectivity index (χ3v) is 1.09. The molecule has 0 aliphatic carbocycles. The third kappa shape index (κ3) is 6.83. The lowest BCUT2D eigenvalue weighted by atomic mass is 10.4. The molecule has 0 atom stereocenters. The van der Waals surface area contributed by atoms with E-state index in [9.17, 15) is 9.59 Å². The topological polar surface area (TPSA) is 63.6 Å². The first-order chi connectivity index (χ1) is 5.16. The number of aliphatic carboxylic acids is 1. The minimum absolute atomic E-state index is 0.0463. The van der Waals surface area contributed by atoms with Gasteiger partial charge in [0.05, 0.1) is 6.61 Å². The lowest BCUT2D eigenvalue weighted by Gasteiger charge is -1.81. The van der Waals surface area contributed by atoms with Crippen LogP contribution >= 0.6 is 0 Å².